The number of aromatic nitrogens is 1. The predicted octanol–water partition coefficient (Wildman–Crippen LogP) is 5.30. The Morgan fingerprint density at radius 1 is 1.03 bits per heavy atom. The number of hydrogen-bond donors (Lipinski definition) is 0. The Kier molecular flexibility index (Phi) is 6.54. The summed E-state index contributed by atoms with van der Waals surface area (Å²) < 4.78 is 40.2. The smallest absolute Gasteiger partial charge is 0.302 e. The van der Waals surface area contributed by atoms with E-state index in [1.807, 2.05) is 38.1 Å². The number of amides is 1. The highest BCUT2D eigenvalue weighted by atomic mass is 32.1. The van der Waals surface area contributed by atoms with Gasteiger partial charge < -0.3 is 4.90 Å². The molecule has 0 spiro atoms. The Balaban J connectivity index is 1.96. The van der Waals surface area contributed by atoms with Crippen molar-refractivity contribution < 1.29 is 18.0 Å². The van der Waals surface area contributed by atoms with E-state index in [4.69, 9.17) is 0 Å². The number of nitrogens with zero attached hydrogens (tertiary/aromatic N) is 3. The molecule has 0 saturated heterocycles. The van der Waals surface area contributed by atoms with Gasteiger partial charge in [-0.05, 0) is 43.4 Å². The number of hydrogen-bond acceptors (Lipinski definition) is 4. The summed E-state index contributed by atoms with van der Waals surface area (Å²) in [5.74, 6) is -0.484. The molecule has 1 amide bonds. The monoisotopic (exact) mass is 421 g/mol. The summed E-state index contributed by atoms with van der Waals surface area (Å²) in [5.41, 5.74) is -0.0767. The fourth-order valence-electron chi connectivity index (χ4n) is 3.03. The second kappa shape index (κ2) is 8.92. The van der Waals surface area contributed by atoms with Crippen LogP contribution in [-0.4, -0.2) is 42.0 Å². The predicted molar refractivity (Wildman–Crippen MR) is 111 cm³/mol. The van der Waals surface area contributed by atoms with Gasteiger partial charge in [0.25, 0.3) is 5.91 Å². The first-order valence-electron chi connectivity index (χ1n) is 9.40. The number of para-hydroxylation sites is 1. The number of halogens is 3. The molecule has 0 N–H and O–H groups in total. The number of carbonyl (C=O) groups excluding carboxylic acids is 1. The third kappa shape index (κ3) is 4.94. The summed E-state index contributed by atoms with van der Waals surface area (Å²) in [4.78, 5) is 21.4. The average Bonchev–Trinajstić information content (AvgIpc) is 3.14. The van der Waals surface area contributed by atoms with Crippen LogP contribution in [0.4, 0.5) is 18.3 Å². The van der Waals surface area contributed by atoms with Gasteiger partial charge in [-0.3, -0.25) is 9.69 Å². The number of likely N-dealkylation sites (N-methyl/N-ethyl adjacent to an activating group) is 1. The lowest BCUT2D eigenvalue weighted by Gasteiger charge is -2.25. The lowest BCUT2D eigenvalue weighted by molar-refractivity contribution is -0.137. The van der Waals surface area contributed by atoms with E-state index < -0.39 is 17.6 Å². The number of rotatable bonds is 7. The number of fused-ring (bicyclic) bond motifs is 1. The molecular weight excluding hydrogens is 399 g/mol. The number of alkyl halides is 3. The minimum Gasteiger partial charge on any atom is -0.302 e. The van der Waals surface area contributed by atoms with E-state index in [0.29, 0.717) is 18.2 Å². The van der Waals surface area contributed by atoms with Crippen LogP contribution in [0.25, 0.3) is 10.2 Å². The van der Waals surface area contributed by atoms with Gasteiger partial charge in [-0.15, -0.1) is 0 Å². The Hall–Kier alpha value is -2.45. The first-order valence-corrected chi connectivity index (χ1v) is 10.2. The van der Waals surface area contributed by atoms with Gasteiger partial charge in [-0.2, -0.15) is 13.2 Å². The summed E-state index contributed by atoms with van der Waals surface area (Å²) in [6.45, 7) is 6.65. The van der Waals surface area contributed by atoms with Crippen molar-refractivity contribution in [2.75, 3.05) is 31.1 Å². The molecule has 0 bridgehead atoms. The third-order valence-electron chi connectivity index (χ3n) is 4.73. The van der Waals surface area contributed by atoms with E-state index in [1.165, 1.54) is 28.4 Å². The normalized spacial score (nSPS) is 11.9. The van der Waals surface area contributed by atoms with Crippen molar-refractivity contribution in [2.45, 2.75) is 20.0 Å². The quantitative estimate of drug-likeness (QED) is 0.519. The van der Waals surface area contributed by atoms with Crippen LogP contribution < -0.4 is 4.90 Å². The van der Waals surface area contributed by atoms with Crippen molar-refractivity contribution in [3.63, 3.8) is 0 Å². The van der Waals surface area contributed by atoms with Crippen LogP contribution in [0.1, 0.15) is 29.8 Å². The molecule has 3 aromatic rings. The molecule has 0 fully saturated rings. The van der Waals surface area contributed by atoms with E-state index in [9.17, 15) is 18.0 Å². The maximum Gasteiger partial charge on any atom is 0.416 e. The van der Waals surface area contributed by atoms with E-state index in [-0.39, 0.29) is 5.56 Å². The highest BCUT2D eigenvalue weighted by Gasteiger charge is 2.31. The molecule has 1 aromatic heterocycles. The Morgan fingerprint density at radius 3 is 2.41 bits per heavy atom. The van der Waals surface area contributed by atoms with Gasteiger partial charge in [0.2, 0.25) is 0 Å². The van der Waals surface area contributed by atoms with Gasteiger partial charge >= 0.3 is 6.18 Å². The highest BCUT2D eigenvalue weighted by Crippen LogP contribution is 2.32. The second-order valence-electron chi connectivity index (χ2n) is 6.53. The average molecular weight is 421 g/mol. The zero-order valence-corrected chi connectivity index (χ0v) is 17.1. The van der Waals surface area contributed by atoms with Crippen LogP contribution in [0, 0.1) is 0 Å². The summed E-state index contributed by atoms with van der Waals surface area (Å²) in [7, 11) is 0. The van der Waals surface area contributed by atoms with Crippen LogP contribution in [0.2, 0.25) is 0 Å². The number of anilines is 1. The Labute approximate surface area is 171 Å². The van der Waals surface area contributed by atoms with E-state index >= 15 is 0 Å². The molecule has 0 saturated carbocycles. The molecule has 2 aromatic carbocycles. The summed E-state index contributed by atoms with van der Waals surface area (Å²) >= 11 is 1.36. The molecule has 29 heavy (non-hydrogen) atoms. The van der Waals surface area contributed by atoms with Crippen molar-refractivity contribution in [2.24, 2.45) is 0 Å². The van der Waals surface area contributed by atoms with Gasteiger partial charge in [0, 0.05) is 18.7 Å². The number of thiazole rings is 1. The second-order valence-corrected chi connectivity index (χ2v) is 7.54. The third-order valence-corrected chi connectivity index (χ3v) is 5.79. The molecule has 1 heterocycles. The number of benzene rings is 2. The van der Waals surface area contributed by atoms with Crippen molar-refractivity contribution in [1.82, 2.24) is 9.88 Å². The van der Waals surface area contributed by atoms with E-state index in [0.717, 1.165) is 35.4 Å². The topological polar surface area (TPSA) is 36.4 Å². The molecule has 0 aliphatic rings. The molecule has 0 aliphatic carbocycles. The lowest BCUT2D eigenvalue weighted by atomic mass is 10.1. The van der Waals surface area contributed by atoms with Crippen LogP contribution in [0.3, 0.4) is 0 Å². The molecule has 8 heteroatoms. The van der Waals surface area contributed by atoms with Crippen molar-refractivity contribution in [1.29, 1.82) is 0 Å². The zero-order chi connectivity index (χ0) is 21.0. The number of carbonyl (C=O) groups is 1. The van der Waals surface area contributed by atoms with Crippen LogP contribution in [-0.2, 0) is 6.18 Å². The van der Waals surface area contributed by atoms with Gasteiger partial charge in [0.1, 0.15) is 0 Å². The minimum atomic E-state index is -4.50. The van der Waals surface area contributed by atoms with E-state index in [2.05, 4.69) is 9.88 Å². The largest absolute Gasteiger partial charge is 0.416 e. The minimum absolute atomic E-state index is 0.00127. The van der Waals surface area contributed by atoms with Crippen molar-refractivity contribution >= 4 is 32.6 Å². The van der Waals surface area contributed by atoms with Gasteiger partial charge in [0.05, 0.1) is 15.8 Å². The molecule has 0 aliphatic heterocycles. The molecule has 3 rings (SSSR count). The van der Waals surface area contributed by atoms with Crippen LogP contribution >= 0.6 is 11.3 Å². The summed E-state index contributed by atoms with van der Waals surface area (Å²) in [6, 6.07) is 12.1. The Bertz CT molecular complexity index is 949. The molecule has 0 atom stereocenters. The zero-order valence-electron chi connectivity index (χ0n) is 16.2. The molecule has 0 unspecified atom stereocenters. The Morgan fingerprint density at radius 2 is 1.76 bits per heavy atom. The molecule has 154 valence electrons. The first-order chi connectivity index (χ1) is 13.8. The maximum atomic E-state index is 13.2. The van der Waals surface area contributed by atoms with Crippen molar-refractivity contribution in [3.8, 4) is 0 Å². The molecule has 0 radical (unpaired) electrons. The van der Waals surface area contributed by atoms with Crippen molar-refractivity contribution in [3.05, 3.63) is 59.7 Å². The highest BCUT2D eigenvalue weighted by molar-refractivity contribution is 7.22. The molecule has 4 nitrogen and oxygen atoms in total. The SMILES string of the molecule is CCN(CC)CCN(C(=O)c1cccc(C(F)(F)F)c1)c1nc2ccccc2s1. The fraction of sp³-hybridized carbons (Fsp3) is 0.333. The molecular formula is C21H22F3N3OS. The lowest BCUT2D eigenvalue weighted by Crippen LogP contribution is -2.39. The van der Waals surface area contributed by atoms with Crippen LogP contribution in [0.15, 0.2) is 48.5 Å². The maximum absolute atomic E-state index is 13.2. The first kappa shape index (κ1) is 21.3. The van der Waals surface area contributed by atoms with E-state index in [1.54, 1.807) is 0 Å². The summed E-state index contributed by atoms with van der Waals surface area (Å²) in [6.07, 6.45) is -4.50. The summed E-state index contributed by atoms with van der Waals surface area (Å²) in [5, 5.41) is 0.487. The van der Waals surface area contributed by atoms with Crippen LogP contribution in [0.5, 0.6) is 0 Å². The van der Waals surface area contributed by atoms with Gasteiger partial charge in [-0.1, -0.05) is 43.4 Å². The fourth-order valence-corrected chi connectivity index (χ4v) is 4.02. The van der Waals surface area contributed by atoms with Gasteiger partial charge in [0.15, 0.2) is 5.13 Å². The standard InChI is InChI=1S/C21H22F3N3OS/c1-3-26(4-2)12-13-27(20-25-17-10-5-6-11-18(17)29-20)19(28)15-8-7-9-16(14-15)21(22,23)24/h5-11,14H,3-4,12-13H2,1-2H3. The van der Waals surface area contributed by atoms with Gasteiger partial charge in [-0.25, -0.2) is 4.98 Å².